The lowest BCUT2D eigenvalue weighted by molar-refractivity contribution is -0.139. The highest BCUT2D eigenvalue weighted by Crippen LogP contribution is 2.28. The average molecular weight is 625 g/mol. The van der Waals surface area contributed by atoms with Crippen LogP contribution in [0.15, 0.2) is 108 Å². The maximum atomic E-state index is 14.3. The second-order valence-corrected chi connectivity index (χ2v) is 12.5. The van der Waals surface area contributed by atoms with Crippen LogP contribution in [0.5, 0.6) is 0 Å². The Morgan fingerprint density at radius 1 is 0.786 bits per heavy atom. The normalized spacial score (nSPS) is 11.9. The molecule has 0 aliphatic rings. The molecule has 0 radical (unpaired) electrons. The van der Waals surface area contributed by atoms with Gasteiger partial charge in [-0.25, -0.2) is 8.42 Å². The third-order valence-corrected chi connectivity index (χ3v) is 9.13. The number of aryl methyl sites for hydroxylation is 1. The van der Waals surface area contributed by atoms with E-state index in [2.05, 4.69) is 5.32 Å². The first-order valence-electron chi connectivity index (χ1n) is 13.2. The number of halogens is 2. The van der Waals surface area contributed by atoms with E-state index in [0.29, 0.717) is 21.3 Å². The Morgan fingerprint density at radius 3 is 1.95 bits per heavy atom. The van der Waals surface area contributed by atoms with Crippen LogP contribution >= 0.6 is 23.2 Å². The highest BCUT2D eigenvalue weighted by atomic mass is 35.5. The molecule has 1 unspecified atom stereocenters. The van der Waals surface area contributed by atoms with Crippen molar-refractivity contribution >= 4 is 50.7 Å². The van der Waals surface area contributed by atoms with Gasteiger partial charge in [-0.15, -0.1) is 0 Å². The second kappa shape index (κ2) is 13.9. The minimum absolute atomic E-state index is 0.0145. The van der Waals surface area contributed by atoms with Crippen molar-refractivity contribution in [2.24, 2.45) is 0 Å². The van der Waals surface area contributed by atoms with Crippen LogP contribution in [-0.2, 0) is 32.6 Å². The zero-order valence-electron chi connectivity index (χ0n) is 23.2. The fraction of sp³-hybridized carbons (Fsp3) is 0.188. The summed E-state index contributed by atoms with van der Waals surface area (Å²) in [5, 5.41) is 3.59. The number of carbonyl (C=O) groups is 2. The van der Waals surface area contributed by atoms with Gasteiger partial charge in [0.1, 0.15) is 12.6 Å². The highest BCUT2D eigenvalue weighted by molar-refractivity contribution is 7.92. The molecule has 1 atom stereocenters. The first kappa shape index (κ1) is 31.1. The molecular formula is C32H31Cl2N3O4S. The number of carbonyl (C=O) groups excluding carboxylic acids is 2. The van der Waals surface area contributed by atoms with Crippen LogP contribution in [0.25, 0.3) is 0 Å². The predicted octanol–water partition coefficient (Wildman–Crippen LogP) is 5.88. The molecule has 0 spiro atoms. The van der Waals surface area contributed by atoms with Gasteiger partial charge in [-0.2, -0.15) is 0 Å². The van der Waals surface area contributed by atoms with Crippen LogP contribution in [0.3, 0.4) is 0 Å². The van der Waals surface area contributed by atoms with Crippen LogP contribution < -0.4 is 9.62 Å². The summed E-state index contributed by atoms with van der Waals surface area (Å²) >= 11 is 12.1. The number of benzene rings is 4. The second-order valence-electron chi connectivity index (χ2n) is 9.72. The molecule has 7 nitrogen and oxygen atoms in total. The molecule has 0 aliphatic heterocycles. The number of nitrogens with one attached hydrogen (secondary N) is 1. The first-order chi connectivity index (χ1) is 20.1. The van der Waals surface area contributed by atoms with Crippen LogP contribution in [-0.4, -0.2) is 44.8 Å². The smallest absolute Gasteiger partial charge is 0.264 e. The Balaban J connectivity index is 1.79. The monoisotopic (exact) mass is 623 g/mol. The summed E-state index contributed by atoms with van der Waals surface area (Å²) in [7, 11) is -2.69. The number of anilines is 1. The summed E-state index contributed by atoms with van der Waals surface area (Å²) in [5.41, 5.74) is 2.60. The summed E-state index contributed by atoms with van der Waals surface area (Å²) in [6, 6.07) is 28.1. The Kier molecular flexibility index (Phi) is 10.3. The Bertz CT molecular complexity index is 1630. The SMILES string of the molecule is CNC(=O)C(Cc1ccccc1)N(Cc1ccc(Cl)cc1)C(=O)CN(c1ccccc1C)S(=O)(=O)c1ccc(Cl)cc1. The van der Waals surface area contributed by atoms with Crippen molar-refractivity contribution in [1.29, 1.82) is 0 Å². The van der Waals surface area contributed by atoms with Crippen molar-refractivity contribution in [2.45, 2.75) is 30.8 Å². The summed E-state index contributed by atoms with van der Waals surface area (Å²) in [4.78, 5) is 29.0. The van der Waals surface area contributed by atoms with Crippen molar-refractivity contribution in [2.75, 3.05) is 17.9 Å². The predicted molar refractivity (Wildman–Crippen MR) is 167 cm³/mol. The van der Waals surface area contributed by atoms with E-state index in [1.165, 1.54) is 36.2 Å². The maximum Gasteiger partial charge on any atom is 0.264 e. The van der Waals surface area contributed by atoms with Gasteiger partial charge in [0.2, 0.25) is 11.8 Å². The van der Waals surface area contributed by atoms with Gasteiger partial charge in [-0.05, 0) is 66.1 Å². The fourth-order valence-corrected chi connectivity index (χ4v) is 6.33. The van der Waals surface area contributed by atoms with Crippen molar-refractivity contribution < 1.29 is 18.0 Å². The number of nitrogens with zero attached hydrogens (tertiary/aromatic N) is 2. The molecule has 1 N–H and O–H groups in total. The lowest BCUT2D eigenvalue weighted by Gasteiger charge is -2.34. The summed E-state index contributed by atoms with van der Waals surface area (Å²) < 4.78 is 29.1. The van der Waals surface area contributed by atoms with E-state index in [-0.39, 0.29) is 23.8 Å². The lowest BCUT2D eigenvalue weighted by Crippen LogP contribution is -2.53. The number of hydrogen-bond acceptors (Lipinski definition) is 4. The lowest BCUT2D eigenvalue weighted by atomic mass is 10.0. The Morgan fingerprint density at radius 2 is 1.36 bits per heavy atom. The Hall–Kier alpha value is -3.85. The van der Waals surface area contributed by atoms with Gasteiger partial charge in [0.05, 0.1) is 10.6 Å². The van der Waals surface area contributed by atoms with Gasteiger partial charge in [-0.1, -0.05) is 83.9 Å². The number of amides is 2. The summed E-state index contributed by atoms with van der Waals surface area (Å²) in [5.74, 6) is -0.917. The number of hydrogen-bond donors (Lipinski definition) is 1. The Labute approximate surface area is 256 Å². The van der Waals surface area contributed by atoms with E-state index in [0.717, 1.165) is 15.4 Å². The average Bonchev–Trinajstić information content (AvgIpc) is 2.99. The molecule has 4 aromatic rings. The van der Waals surface area contributed by atoms with Crippen molar-refractivity contribution in [1.82, 2.24) is 10.2 Å². The molecule has 0 saturated heterocycles. The van der Waals surface area contributed by atoms with Crippen molar-refractivity contribution in [3.8, 4) is 0 Å². The number of rotatable bonds is 11. The molecule has 0 aliphatic carbocycles. The summed E-state index contributed by atoms with van der Waals surface area (Å²) in [6.07, 6.45) is 0.230. The highest BCUT2D eigenvalue weighted by Gasteiger charge is 2.34. The minimum Gasteiger partial charge on any atom is -0.357 e. The van der Waals surface area contributed by atoms with Crippen molar-refractivity contribution in [3.63, 3.8) is 0 Å². The van der Waals surface area contributed by atoms with Crippen LogP contribution in [0, 0.1) is 6.92 Å². The van der Waals surface area contributed by atoms with E-state index < -0.39 is 28.5 Å². The first-order valence-corrected chi connectivity index (χ1v) is 15.4. The number of sulfonamides is 1. The topological polar surface area (TPSA) is 86.8 Å². The standard InChI is InChI=1S/C32H31Cl2N3O4S/c1-23-8-6-7-11-29(23)37(42(40,41)28-18-16-27(34)17-19-28)22-31(38)36(21-25-12-14-26(33)15-13-25)30(32(39)35-2)20-24-9-4-3-5-10-24/h3-19,30H,20-22H2,1-2H3,(H,35,39). The quantitative estimate of drug-likeness (QED) is 0.226. The van der Waals surface area contributed by atoms with Gasteiger partial charge in [0, 0.05) is 30.1 Å². The minimum atomic E-state index is -4.20. The largest absolute Gasteiger partial charge is 0.357 e. The van der Waals surface area contributed by atoms with E-state index in [4.69, 9.17) is 23.2 Å². The maximum absolute atomic E-state index is 14.3. The molecule has 42 heavy (non-hydrogen) atoms. The number of para-hydroxylation sites is 1. The molecule has 218 valence electrons. The molecule has 0 heterocycles. The van der Waals surface area contributed by atoms with Crippen LogP contribution in [0.4, 0.5) is 5.69 Å². The van der Waals surface area contributed by atoms with Crippen LogP contribution in [0.2, 0.25) is 10.0 Å². The third kappa shape index (κ3) is 7.50. The van der Waals surface area contributed by atoms with Gasteiger partial charge in [-0.3, -0.25) is 13.9 Å². The van der Waals surface area contributed by atoms with E-state index >= 15 is 0 Å². The van der Waals surface area contributed by atoms with Crippen LogP contribution in [0.1, 0.15) is 16.7 Å². The van der Waals surface area contributed by atoms with E-state index in [1.807, 2.05) is 30.3 Å². The fourth-order valence-electron chi connectivity index (χ4n) is 4.60. The molecule has 4 aromatic carbocycles. The van der Waals surface area contributed by atoms with E-state index in [1.54, 1.807) is 55.5 Å². The van der Waals surface area contributed by atoms with Crippen molar-refractivity contribution in [3.05, 3.63) is 130 Å². The third-order valence-electron chi connectivity index (χ3n) is 6.85. The zero-order chi connectivity index (χ0) is 30.3. The zero-order valence-corrected chi connectivity index (χ0v) is 25.5. The van der Waals surface area contributed by atoms with E-state index in [9.17, 15) is 18.0 Å². The molecular weight excluding hydrogens is 593 g/mol. The molecule has 0 saturated carbocycles. The number of likely N-dealkylation sites (N-methyl/N-ethyl adjacent to an activating group) is 1. The van der Waals surface area contributed by atoms with Gasteiger partial charge in [0.15, 0.2) is 0 Å². The molecule has 2 amide bonds. The summed E-state index contributed by atoms with van der Waals surface area (Å²) in [6.45, 7) is 1.30. The molecule has 10 heteroatoms. The molecule has 4 rings (SSSR count). The molecule has 0 aromatic heterocycles. The molecule has 0 fully saturated rings. The van der Waals surface area contributed by atoms with Gasteiger partial charge < -0.3 is 10.2 Å². The van der Waals surface area contributed by atoms with Gasteiger partial charge >= 0.3 is 0 Å². The molecule has 0 bridgehead atoms. The van der Waals surface area contributed by atoms with Gasteiger partial charge in [0.25, 0.3) is 10.0 Å².